The van der Waals surface area contributed by atoms with Crippen molar-refractivity contribution in [3.8, 4) is 5.75 Å². The van der Waals surface area contributed by atoms with Gasteiger partial charge in [0.15, 0.2) is 5.82 Å². The van der Waals surface area contributed by atoms with Gasteiger partial charge in [-0.15, -0.1) is 0 Å². The lowest BCUT2D eigenvalue weighted by Crippen LogP contribution is -2.13. The van der Waals surface area contributed by atoms with Gasteiger partial charge in [-0.2, -0.15) is 5.10 Å². The quantitative estimate of drug-likeness (QED) is 0.401. The number of para-hydroxylation sites is 1. The highest BCUT2D eigenvalue weighted by Crippen LogP contribution is 2.32. The summed E-state index contributed by atoms with van der Waals surface area (Å²) in [4.78, 5) is 25.9. The zero-order valence-electron chi connectivity index (χ0n) is 16.9. The minimum absolute atomic E-state index is 0.168. The van der Waals surface area contributed by atoms with Gasteiger partial charge in [-0.1, -0.05) is 30.0 Å². The number of carbonyl (C=O) groups excluding carboxylic acids is 2. The average molecular weight is 433 g/mol. The molecule has 0 atom stereocenters. The first kappa shape index (κ1) is 20.5. The second-order valence-electron chi connectivity index (χ2n) is 6.75. The lowest BCUT2D eigenvalue weighted by Gasteiger charge is -2.10. The number of methoxy groups -OCH3 is 1. The Labute approximate surface area is 183 Å². The van der Waals surface area contributed by atoms with E-state index in [9.17, 15) is 9.59 Å². The van der Waals surface area contributed by atoms with Gasteiger partial charge in [0.25, 0.3) is 5.91 Å². The largest absolute Gasteiger partial charge is 0.496 e. The third-order valence-corrected chi connectivity index (χ3v) is 5.49. The number of anilines is 2. The summed E-state index contributed by atoms with van der Waals surface area (Å²) >= 11 is 1.56. The molecule has 0 saturated heterocycles. The summed E-state index contributed by atoms with van der Waals surface area (Å²) in [6, 6.07) is 20.6. The average Bonchev–Trinajstić information content (AvgIpc) is 3.15. The maximum absolute atomic E-state index is 12.6. The zero-order chi connectivity index (χ0) is 21.8. The molecule has 8 heteroatoms. The Morgan fingerprint density at radius 1 is 0.968 bits per heavy atom. The molecule has 0 unspecified atom stereocenters. The van der Waals surface area contributed by atoms with Crippen LogP contribution in [0.2, 0.25) is 0 Å². The Morgan fingerprint density at radius 2 is 1.77 bits per heavy atom. The molecule has 0 aliphatic carbocycles. The molecule has 3 aromatic carbocycles. The van der Waals surface area contributed by atoms with E-state index in [2.05, 4.69) is 20.8 Å². The second-order valence-corrected chi connectivity index (χ2v) is 7.89. The van der Waals surface area contributed by atoms with E-state index in [1.54, 1.807) is 37.1 Å². The van der Waals surface area contributed by atoms with Crippen molar-refractivity contribution in [2.45, 2.75) is 16.7 Å². The van der Waals surface area contributed by atoms with Crippen LogP contribution in [0.4, 0.5) is 11.5 Å². The first-order valence-electron chi connectivity index (χ1n) is 9.51. The summed E-state index contributed by atoms with van der Waals surface area (Å²) in [6.45, 7) is 1.45. The number of benzene rings is 3. The van der Waals surface area contributed by atoms with E-state index >= 15 is 0 Å². The van der Waals surface area contributed by atoms with E-state index in [4.69, 9.17) is 4.74 Å². The molecule has 2 amide bonds. The number of rotatable bonds is 6. The van der Waals surface area contributed by atoms with Crippen LogP contribution in [-0.2, 0) is 4.79 Å². The smallest absolute Gasteiger partial charge is 0.259 e. The van der Waals surface area contributed by atoms with E-state index in [1.807, 2.05) is 48.5 Å². The Hall–Kier alpha value is -3.78. The van der Waals surface area contributed by atoms with Crippen LogP contribution in [0.5, 0.6) is 5.75 Å². The van der Waals surface area contributed by atoms with Crippen molar-refractivity contribution in [1.82, 2.24) is 10.2 Å². The van der Waals surface area contributed by atoms with Crippen LogP contribution >= 0.6 is 11.8 Å². The third-order valence-electron chi connectivity index (χ3n) is 4.51. The van der Waals surface area contributed by atoms with Crippen molar-refractivity contribution in [2.24, 2.45) is 0 Å². The third kappa shape index (κ3) is 4.70. The predicted molar refractivity (Wildman–Crippen MR) is 122 cm³/mol. The number of aromatic amines is 1. The van der Waals surface area contributed by atoms with Gasteiger partial charge in [0.1, 0.15) is 5.75 Å². The number of ether oxygens (including phenoxy) is 1. The molecule has 3 N–H and O–H groups in total. The summed E-state index contributed by atoms with van der Waals surface area (Å²) in [5.41, 5.74) is 1.99. The van der Waals surface area contributed by atoms with Crippen molar-refractivity contribution in [2.75, 3.05) is 17.7 Å². The maximum Gasteiger partial charge on any atom is 0.259 e. The second kappa shape index (κ2) is 8.93. The molecule has 0 bridgehead atoms. The lowest BCUT2D eigenvalue weighted by molar-refractivity contribution is -0.114. The van der Waals surface area contributed by atoms with Crippen molar-refractivity contribution < 1.29 is 14.3 Å². The number of hydrogen-bond acceptors (Lipinski definition) is 5. The summed E-state index contributed by atoms with van der Waals surface area (Å²) in [6.07, 6.45) is 0. The van der Waals surface area contributed by atoms with Crippen LogP contribution < -0.4 is 15.4 Å². The molecule has 0 aliphatic rings. The Kier molecular flexibility index (Phi) is 5.90. The van der Waals surface area contributed by atoms with Crippen molar-refractivity contribution in [1.29, 1.82) is 0 Å². The molecule has 4 rings (SSSR count). The van der Waals surface area contributed by atoms with Gasteiger partial charge in [0, 0.05) is 27.8 Å². The number of aromatic nitrogens is 2. The molecule has 1 aromatic heterocycles. The number of nitrogens with zero attached hydrogens (tertiary/aromatic N) is 1. The van der Waals surface area contributed by atoms with E-state index in [1.165, 1.54) is 6.92 Å². The van der Waals surface area contributed by atoms with Gasteiger partial charge in [-0.05, 0) is 48.5 Å². The van der Waals surface area contributed by atoms with Gasteiger partial charge in [-0.3, -0.25) is 14.7 Å². The monoisotopic (exact) mass is 432 g/mol. The summed E-state index contributed by atoms with van der Waals surface area (Å²) in [5.74, 6) is 0.639. The van der Waals surface area contributed by atoms with Gasteiger partial charge in [0.2, 0.25) is 5.91 Å². The molecule has 156 valence electrons. The lowest BCUT2D eigenvalue weighted by atomic mass is 10.2. The number of fused-ring (bicyclic) bond motifs is 1. The molecule has 0 fully saturated rings. The molecule has 0 spiro atoms. The first-order chi connectivity index (χ1) is 15.0. The van der Waals surface area contributed by atoms with Gasteiger partial charge >= 0.3 is 0 Å². The van der Waals surface area contributed by atoms with E-state index in [-0.39, 0.29) is 11.8 Å². The Bertz CT molecular complexity index is 1270. The molecule has 31 heavy (non-hydrogen) atoms. The topological polar surface area (TPSA) is 96.1 Å². The van der Waals surface area contributed by atoms with Crippen LogP contribution in [0, 0.1) is 0 Å². The first-order valence-corrected chi connectivity index (χ1v) is 10.3. The zero-order valence-corrected chi connectivity index (χ0v) is 17.7. The molecule has 4 aromatic rings. The van der Waals surface area contributed by atoms with E-state index in [0.29, 0.717) is 22.8 Å². The number of H-pyrrole nitrogens is 1. The number of amides is 2. The fourth-order valence-corrected chi connectivity index (χ4v) is 4.05. The highest BCUT2D eigenvalue weighted by atomic mass is 32.2. The number of carbonyl (C=O) groups is 2. The minimum atomic E-state index is -0.232. The fourth-order valence-electron chi connectivity index (χ4n) is 3.13. The minimum Gasteiger partial charge on any atom is -0.496 e. The summed E-state index contributed by atoms with van der Waals surface area (Å²) in [5, 5.41) is 13.6. The van der Waals surface area contributed by atoms with Crippen LogP contribution in [0.25, 0.3) is 10.9 Å². The number of nitrogens with one attached hydrogen (secondary N) is 3. The molecular weight excluding hydrogens is 412 g/mol. The molecular formula is C23H20N4O3S. The van der Waals surface area contributed by atoms with Gasteiger partial charge in [0.05, 0.1) is 18.2 Å². The van der Waals surface area contributed by atoms with E-state index in [0.717, 1.165) is 20.7 Å². The van der Waals surface area contributed by atoms with Gasteiger partial charge < -0.3 is 15.4 Å². The molecule has 0 radical (unpaired) electrons. The SMILES string of the molecule is COc1ccccc1C(=O)Nc1cccc(Sc2ccc3c(NC(C)=O)n[nH]c3c2)c1. The van der Waals surface area contributed by atoms with Crippen molar-refractivity contribution >= 4 is 46.0 Å². The Morgan fingerprint density at radius 3 is 2.58 bits per heavy atom. The molecule has 1 heterocycles. The maximum atomic E-state index is 12.6. The predicted octanol–water partition coefficient (Wildman–Crippen LogP) is 4.93. The fraction of sp³-hybridized carbons (Fsp3) is 0.0870. The molecule has 0 saturated carbocycles. The van der Waals surface area contributed by atoms with Crippen molar-refractivity contribution in [3.63, 3.8) is 0 Å². The summed E-state index contributed by atoms with van der Waals surface area (Å²) < 4.78 is 5.27. The standard InChI is InChI=1S/C23H20N4O3S/c1-14(28)24-22-18-11-10-17(13-20(18)26-27-22)31-16-7-5-6-15(12-16)25-23(29)19-8-3-4-9-21(19)30-2/h3-13H,1-2H3,(H,25,29)(H2,24,26,27,28). The van der Waals surface area contributed by atoms with Crippen molar-refractivity contribution in [3.05, 3.63) is 72.3 Å². The highest BCUT2D eigenvalue weighted by molar-refractivity contribution is 7.99. The number of hydrogen-bond donors (Lipinski definition) is 3. The van der Waals surface area contributed by atoms with Crippen LogP contribution in [0.1, 0.15) is 17.3 Å². The highest BCUT2D eigenvalue weighted by Gasteiger charge is 2.12. The van der Waals surface area contributed by atoms with Crippen LogP contribution in [0.3, 0.4) is 0 Å². The normalized spacial score (nSPS) is 10.6. The summed E-state index contributed by atoms with van der Waals surface area (Å²) in [7, 11) is 1.54. The molecule has 0 aliphatic heterocycles. The molecule has 7 nitrogen and oxygen atoms in total. The van der Waals surface area contributed by atoms with Crippen LogP contribution in [-0.4, -0.2) is 29.1 Å². The van der Waals surface area contributed by atoms with Crippen LogP contribution in [0.15, 0.2) is 76.5 Å². The van der Waals surface area contributed by atoms with Gasteiger partial charge in [-0.25, -0.2) is 0 Å². The Balaban J connectivity index is 1.51. The van der Waals surface area contributed by atoms with E-state index < -0.39 is 0 Å².